The molecule has 7 heteroatoms. The van der Waals surface area contributed by atoms with E-state index in [2.05, 4.69) is 15.3 Å². The van der Waals surface area contributed by atoms with E-state index in [1.807, 2.05) is 18.2 Å². The molecule has 0 saturated heterocycles. The Bertz CT molecular complexity index is 1010. The van der Waals surface area contributed by atoms with E-state index < -0.39 is 0 Å². The minimum absolute atomic E-state index is 0.153. The van der Waals surface area contributed by atoms with Crippen LogP contribution in [0.15, 0.2) is 36.4 Å². The van der Waals surface area contributed by atoms with Crippen LogP contribution in [0.1, 0.15) is 18.3 Å². The zero-order valence-corrected chi connectivity index (χ0v) is 15.9. The van der Waals surface area contributed by atoms with E-state index in [4.69, 9.17) is 21.1 Å². The second-order valence-electron chi connectivity index (χ2n) is 5.77. The third kappa shape index (κ3) is 4.54. The fourth-order valence-corrected chi connectivity index (χ4v) is 2.80. The largest absolute Gasteiger partial charge is 0.497 e. The zero-order valence-electron chi connectivity index (χ0n) is 15.1. The molecule has 0 spiro atoms. The molecule has 0 bridgehead atoms. The molecule has 1 N–H and O–H groups in total. The van der Waals surface area contributed by atoms with Gasteiger partial charge in [-0.3, -0.25) is 4.79 Å². The molecule has 0 fully saturated rings. The van der Waals surface area contributed by atoms with E-state index in [0.717, 1.165) is 5.56 Å². The fourth-order valence-electron chi connectivity index (χ4n) is 2.56. The minimum atomic E-state index is -0.153. The van der Waals surface area contributed by atoms with Gasteiger partial charge in [0.25, 0.3) is 0 Å². The number of ether oxygens (including phenoxy) is 2. The van der Waals surface area contributed by atoms with Crippen molar-refractivity contribution in [2.24, 2.45) is 0 Å². The maximum absolute atomic E-state index is 11.2. The molecule has 0 aliphatic rings. The van der Waals surface area contributed by atoms with Crippen LogP contribution in [0, 0.1) is 0 Å². The lowest BCUT2D eigenvalue weighted by Crippen LogP contribution is -2.05. The lowest BCUT2D eigenvalue weighted by Gasteiger charge is -2.07. The van der Waals surface area contributed by atoms with Crippen LogP contribution in [-0.4, -0.2) is 30.1 Å². The summed E-state index contributed by atoms with van der Waals surface area (Å²) in [7, 11) is 3.20. The van der Waals surface area contributed by atoms with Gasteiger partial charge in [0.1, 0.15) is 16.7 Å². The summed E-state index contributed by atoms with van der Waals surface area (Å²) in [5, 5.41) is 3.70. The molecule has 0 atom stereocenters. The highest BCUT2D eigenvalue weighted by Gasteiger charge is 2.07. The van der Waals surface area contributed by atoms with E-state index in [1.54, 1.807) is 44.6 Å². The standard InChI is InChI=1S/C20H18ClN3O3/c1-12(25)22-14-5-6-18-17(10-14)20(21)24-19(23-18)7-4-13-8-15(26-2)11-16(9-13)27-3/h4-11H,1-3H3,(H,22,25)/b7-4+. The molecule has 3 aromatic rings. The van der Waals surface area contributed by atoms with Crippen LogP contribution < -0.4 is 14.8 Å². The van der Waals surface area contributed by atoms with Gasteiger partial charge in [0.15, 0.2) is 5.82 Å². The average Bonchev–Trinajstić information content (AvgIpc) is 2.66. The molecule has 0 aliphatic heterocycles. The van der Waals surface area contributed by atoms with Gasteiger partial charge < -0.3 is 14.8 Å². The van der Waals surface area contributed by atoms with Gasteiger partial charge in [-0.15, -0.1) is 0 Å². The number of hydrogen-bond donors (Lipinski definition) is 1. The third-order valence-corrected chi connectivity index (χ3v) is 4.07. The number of methoxy groups -OCH3 is 2. The number of nitrogens with one attached hydrogen (secondary N) is 1. The predicted octanol–water partition coefficient (Wildman–Crippen LogP) is 4.43. The van der Waals surface area contributed by atoms with E-state index in [1.165, 1.54) is 6.92 Å². The number of nitrogens with zero attached hydrogens (tertiary/aromatic N) is 2. The van der Waals surface area contributed by atoms with Crippen molar-refractivity contribution in [2.45, 2.75) is 6.92 Å². The summed E-state index contributed by atoms with van der Waals surface area (Å²) in [5.74, 6) is 1.70. The summed E-state index contributed by atoms with van der Waals surface area (Å²) in [4.78, 5) is 20.0. The molecular formula is C20H18ClN3O3. The number of halogens is 1. The van der Waals surface area contributed by atoms with E-state index in [-0.39, 0.29) is 5.91 Å². The van der Waals surface area contributed by atoms with Gasteiger partial charge in [-0.25, -0.2) is 9.97 Å². The monoisotopic (exact) mass is 383 g/mol. The molecule has 0 saturated carbocycles. The van der Waals surface area contributed by atoms with Crippen molar-refractivity contribution in [2.75, 3.05) is 19.5 Å². The van der Waals surface area contributed by atoms with E-state index in [0.29, 0.717) is 39.1 Å². The summed E-state index contributed by atoms with van der Waals surface area (Å²) < 4.78 is 10.5. The lowest BCUT2D eigenvalue weighted by molar-refractivity contribution is -0.114. The maximum atomic E-state index is 11.2. The van der Waals surface area contributed by atoms with Crippen LogP contribution in [0.3, 0.4) is 0 Å². The lowest BCUT2D eigenvalue weighted by atomic mass is 10.2. The smallest absolute Gasteiger partial charge is 0.221 e. The zero-order chi connectivity index (χ0) is 19.4. The Morgan fingerprint density at radius 3 is 2.37 bits per heavy atom. The number of benzene rings is 2. The van der Waals surface area contributed by atoms with Gasteiger partial charge >= 0.3 is 0 Å². The quantitative estimate of drug-likeness (QED) is 0.660. The molecule has 0 radical (unpaired) electrons. The topological polar surface area (TPSA) is 73.3 Å². The molecule has 0 aliphatic carbocycles. The summed E-state index contributed by atoms with van der Waals surface area (Å²) in [5.41, 5.74) is 2.21. The highest BCUT2D eigenvalue weighted by atomic mass is 35.5. The maximum Gasteiger partial charge on any atom is 0.221 e. The Morgan fingerprint density at radius 2 is 1.74 bits per heavy atom. The number of fused-ring (bicyclic) bond motifs is 1. The van der Waals surface area contributed by atoms with Gasteiger partial charge in [0, 0.05) is 24.1 Å². The van der Waals surface area contributed by atoms with Crippen LogP contribution >= 0.6 is 11.6 Å². The Kier molecular flexibility index (Phi) is 5.57. The van der Waals surface area contributed by atoms with Crippen molar-refractivity contribution in [3.63, 3.8) is 0 Å². The summed E-state index contributed by atoms with van der Waals surface area (Å²) in [6.45, 7) is 1.45. The molecule has 6 nitrogen and oxygen atoms in total. The summed E-state index contributed by atoms with van der Waals surface area (Å²) >= 11 is 6.31. The van der Waals surface area contributed by atoms with Gasteiger partial charge in [-0.2, -0.15) is 0 Å². The highest BCUT2D eigenvalue weighted by molar-refractivity contribution is 6.34. The predicted molar refractivity (Wildman–Crippen MR) is 107 cm³/mol. The molecule has 1 aromatic heterocycles. The van der Waals surface area contributed by atoms with Gasteiger partial charge in [-0.05, 0) is 42.0 Å². The normalized spacial score (nSPS) is 11.0. The molecule has 2 aromatic carbocycles. The highest BCUT2D eigenvalue weighted by Crippen LogP contribution is 2.26. The molecule has 1 amide bonds. The van der Waals surface area contributed by atoms with Crippen LogP contribution in [0.25, 0.3) is 23.1 Å². The number of amides is 1. The molecule has 27 heavy (non-hydrogen) atoms. The van der Waals surface area contributed by atoms with Crippen LogP contribution in [0.4, 0.5) is 5.69 Å². The number of hydrogen-bond acceptors (Lipinski definition) is 5. The van der Waals surface area contributed by atoms with Crippen molar-refractivity contribution in [1.29, 1.82) is 0 Å². The number of carbonyl (C=O) groups is 1. The number of aromatic nitrogens is 2. The van der Waals surface area contributed by atoms with E-state index in [9.17, 15) is 4.79 Å². The number of rotatable bonds is 5. The molecule has 1 heterocycles. The van der Waals surface area contributed by atoms with Crippen LogP contribution in [-0.2, 0) is 4.79 Å². The summed E-state index contributed by atoms with van der Waals surface area (Å²) in [6.07, 6.45) is 3.62. The Labute approximate surface area is 161 Å². The Balaban J connectivity index is 1.93. The molecule has 0 unspecified atom stereocenters. The Morgan fingerprint density at radius 1 is 1.04 bits per heavy atom. The van der Waals surface area contributed by atoms with Gasteiger partial charge in [-0.1, -0.05) is 17.7 Å². The molecular weight excluding hydrogens is 366 g/mol. The molecule has 138 valence electrons. The van der Waals surface area contributed by atoms with Crippen molar-refractivity contribution >= 4 is 46.3 Å². The van der Waals surface area contributed by atoms with Crippen LogP contribution in [0.2, 0.25) is 5.15 Å². The average molecular weight is 384 g/mol. The van der Waals surface area contributed by atoms with Crippen molar-refractivity contribution < 1.29 is 14.3 Å². The van der Waals surface area contributed by atoms with Gasteiger partial charge in [0.05, 0.1) is 19.7 Å². The first-order valence-electron chi connectivity index (χ1n) is 8.14. The first-order valence-corrected chi connectivity index (χ1v) is 8.52. The molecule has 3 rings (SSSR count). The SMILES string of the molecule is COc1cc(/C=C/c2nc(Cl)c3cc(NC(C)=O)ccc3n2)cc(OC)c1. The Hall–Kier alpha value is -3.12. The van der Waals surface area contributed by atoms with E-state index >= 15 is 0 Å². The second kappa shape index (κ2) is 8.05. The second-order valence-corrected chi connectivity index (χ2v) is 6.12. The van der Waals surface area contributed by atoms with Crippen molar-refractivity contribution in [1.82, 2.24) is 9.97 Å². The first-order chi connectivity index (χ1) is 13.0. The summed E-state index contributed by atoms with van der Waals surface area (Å²) in [6, 6.07) is 10.9. The van der Waals surface area contributed by atoms with Crippen LogP contribution in [0.5, 0.6) is 11.5 Å². The van der Waals surface area contributed by atoms with Crippen molar-refractivity contribution in [3.8, 4) is 11.5 Å². The fraction of sp³-hybridized carbons (Fsp3) is 0.150. The number of anilines is 1. The minimum Gasteiger partial charge on any atom is -0.497 e. The third-order valence-electron chi connectivity index (χ3n) is 3.79. The number of carbonyl (C=O) groups excluding carboxylic acids is 1. The van der Waals surface area contributed by atoms with Gasteiger partial charge in [0.2, 0.25) is 5.91 Å². The van der Waals surface area contributed by atoms with Crippen molar-refractivity contribution in [3.05, 3.63) is 52.9 Å². The first kappa shape index (κ1) is 18.7.